The number of nitrogens with one attached hydrogen (secondary N) is 1. The Morgan fingerprint density at radius 2 is 2.00 bits per heavy atom. The molecule has 0 aliphatic heterocycles. The van der Waals surface area contributed by atoms with Crippen molar-refractivity contribution < 1.29 is 22.8 Å². The molecule has 0 aliphatic rings. The zero-order valence-corrected chi connectivity index (χ0v) is 17.4. The van der Waals surface area contributed by atoms with E-state index >= 15 is 0 Å². The van der Waals surface area contributed by atoms with Crippen LogP contribution in [0.2, 0.25) is 0 Å². The minimum atomic E-state index is -4.55. The van der Waals surface area contributed by atoms with Crippen molar-refractivity contribution in [2.24, 2.45) is 4.99 Å². The molecule has 0 radical (unpaired) electrons. The van der Waals surface area contributed by atoms with Gasteiger partial charge in [-0.1, -0.05) is 6.07 Å². The van der Waals surface area contributed by atoms with E-state index in [9.17, 15) is 22.8 Å². The first-order valence-electron chi connectivity index (χ1n) is 8.86. The third-order valence-corrected chi connectivity index (χ3v) is 5.00. The van der Waals surface area contributed by atoms with Crippen LogP contribution < -0.4 is 10.1 Å². The van der Waals surface area contributed by atoms with Gasteiger partial charge in [0, 0.05) is 29.7 Å². The van der Waals surface area contributed by atoms with Gasteiger partial charge in [0.2, 0.25) is 5.91 Å². The summed E-state index contributed by atoms with van der Waals surface area (Å²) in [5.74, 6) is -1.04. The predicted molar refractivity (Wildman–Crippen MR) is 105 cm³/mol. The monoisotopic (exact) mass is 428 g/mol. The van der Waals surface area contributed by atoms with Gasteiger partial charge in [-0.2, -0.15) is 18.2 Å². The lowest BCUT2D eigenvalue weighted by atomic mass is 10.1. The third-order valence-electron chi connectivity index (χ3n) is 4.08. The van der Waals surface area contributed by atoms with Crippen molar-refractivity contribution in [2.45, 2.75) is 26.1 Å². The number of likely N-dealkylation sites (N-methyl/N-ethyl adjacent to an activating group) is 1. The van der Waals surface area contributed by atoms with Crippen LogP contribution in [0.3, 0.4) is 0 Å². The average Bonchev–Trinajstić information content (AvgIpc) is 3.00. The second kappa shape index (κ2) is 9.36. The molecule has 1 aromatic carbocycles. The van der Waals surface area contributed by atoms with Crippen LogP contribution in [0.1, 0.15) is 33.8 Å². The number of thiazole rings is 1. The zero-order chi connectivity index (χ0) is 21.8. The van der Waals surface area contributed by atoms with Crippen molar-refractivity contribution in [3.63, 3.8) is 0 Å². The molecule has 10 heteroatoms. The molecule has 0 bridgehead atoms. The van der Waals surface area contributed by atoms with Crippen LogP contribution in [0.25, 0.3) is 0 Å². The van der Waals surface area contributed by atoms with Crippen LogP contribution in [0, 0.1) is 6.92 Å². The standard InChI is InChI=1S/C19H23F3N4O2S/c1-12-11-26(13(2)16(27)23-8-9-25(3)4)18(29-12)24-17(28)14-6-5-7-15(10-14)19(20,21)22/h5-7,10-11,13H,8-9H2,1-4H3,(H,23,27)/t13-/m0/s1. The van der Waals surface area contributed by atoms with Crippen molar-refractivity contribution in [3.8, 4) is 0 Å². The van der Waals surface area contributed by atoms with Gasteiger partial charge >= 0.3 is 6.18 Å². The SMILES string of the molecule is Cc1cn([C@@H](C)C(=O)NCCN(C)C)c(=NC(=O)c2cccc(C(F)(F)F)c2)s1. The molecule has 6 nitrogen and oxygen atoms in total. The maximum Gasteiger partial charge on any atom is 0.416 e. The van der Waals surface area contributed by atoms with Gasteiger partial charge in [0.15, 0.2) is 4.80 Å². The van der Waals surface area contributed by atoms with Gasteiger partial charge in [-0.15, -0.1) is 11.3 Å². The van der Waals surface area contributed by atoms with Crippen LogP contribution in [-0.4, -0.2) is 48.5 Å². The number of hydrogen-bond donors (Lipinski definition) is 1. The van der Waals surface area contributed by atoms with E-state index in [0.29, 0.717) is 13.1 Å². The number of aromatic nitrogens is 1. The summed E-state index contributed by atoms with van der Waals surface area (Å²) in [5, 5.41) is 2.81. The Hall–Kier alpha value is -2.46. The minimum absolute atomic E-state index is 0.166. The van der Waals surface area contributed by atoms with E-state index in [4.69, 9.17) is 0 Å². The summed E-state index contributed by atoms with van der Waals surface area (Å²) < 4.78 is 40.2. The van der Waals surface area contributed by atoms with Crippen molar-refractivity contribution in [2.75, 3.05) is 27.2 Å². The van der Waals surface area contributed by atoms with Crippen LogP contribution in [0.15, 0.2) is 35.5 Å². The summed E-state index contributed by atoms with van der Waals surface area (Å²) in [4.78, 5) is 31.8. The first-order chi connectivity index (χ1) is 13.5. The fourth-order valence-corrected chi connectivity index (χ4v) is 3.39. The van der Waals surface area contributed by atoms with E-state index in [1.807, 2.05) is 19.0 Å². The number of aryl methyl sites for hydroxylation is 1. The normalized spacial score (nSPS) is 13.6. The molecular weight excluding hydrogens is 405 g/mol. The molecule has 1 N–H and O–H groups in total. The number of amides is 2. The Kier molecular flexibility index (Phi) is 7.37. The molecular formula is C19H23F3N4O2S. The maximum absolute atomic E-state index is 12.9. The molecule has 1 heterocycles. The number of nitrogens with zero attached hydrogens (tertiary/aromatic N) is 3. The molecule has 29 heavy (non-hydrogen) atoms. The highest BCUT2D eigenvalue weighted by Crippen LogP contribution is 2.29. The minimum Gasteiger partial charge on any atom is -0.353 e. The Morgan fingerprint density at radius 1 is 1.31 bits per heavy atom. The highest BCUT2D eigenvalue weighted by atomic mass is 32.1. The Balaban J connectivity index is 2.28. The van der Waals surface area contributed by atoms with Crippen molar-refractivity contribution >= 4 is 23.2 Å². The quantitative estimate of drug-likeness (QED) is 0.770. The van der Waals surface area contributed by atoms with Gasteiger partial charge in [0.1, 0.15) is 6.04 Å². The van der Waals surface area contributed by atoms with Crippen LogP contribution >= 0.6 is 11.3 Å². The summed E-state index contributed by atoms with van der Waals surface area (Å²) in [6.07, 6.45) is -2.85. The number of alkyl halides is 3. The van der Waals surface area contributed by atoms with Gasteiger partial charge in [0.25, 0.3) is 5.91 Å². The number of carbonyl (C=O) groups excluding carboxylic acids is 2. The number of halogens is 3. The average molecular weight is 428 g/mol. The van der Waals surface area contributed by atoms with E-state index in [2.05, 4.69) is 10.3 Å². The molecule has 2 aromatic rings. The zero-order valence-electron chi connectivity index (χ0n) is 16.6. The van der Waals surface area contributed by atoms with Gasteiger partial charge in [-0.05, 0) is 46.1 Å². The van der Waals surface area contributed by atoms with Gasteiger partial charge in [-0.25, -0.2) is 0 Å². The van der Waals surface area contributed by atoms with Crippen molar-refractivity contribution in [1.29, 1.82) is 0 Å². The Bertz CT molecular complexity index is 947. The molecule has 2 rings (SSSR count). The smallest absolute Gasteiger partial charge is 0.353 e. The second-order valence-electron chi connectivity index (χ2n) is 6.80. The topological polar surface area (TPSA) is 66.7 Å². The van der Waals surface area contributed by atoms with Crippen molar-refractivity contribution in [1.82, 2.24) is 14.8 Å². The summed E-state index contributed by atoms with van der Waals surface area (Å²) in [5.41, 5.74) is -1.08. The fraction of sp³-hybridized carbons (Fsp3) is 0.421. The number of rotatable bonds is 6. The van der Waals surface area contributed by atoms with Crippen LogP contribution in [0.4, 0.5) is 13.2 Å². The summed E-state index contributed by atoms with van der Waals surface area (Å²) in [7, 11) is 3.78. The highest BCUT2D eigenvalue weighted by Gasteiger charge is 2.31. The van der Waals surface area contributed by atoms with E-state index in [1.54, 1.807) is 24.6 Å². The predicted octanol–water partition coefficient (Wildman–Crippen LogP) is 2.86. The number of carbonyl (C=O) groups is 2. The molecule has 1 aromatic heterocycles. The molecule has 0 saturated carbocycles. The maximum atomic E-state index is 12.9. The summed E-state index contributed by atoms with van der Waals surface area (Å²) in [6.45, 7) is 4.61. The van der Waals surface area contributed by atoms with E-state index < -0.39 is 23.7 Å². The van der Waals surface area contributed by atoms with Gasteiger partial charge in [0.05, 0.1) is 5.56 Å². The summed E-state index contributed by atoms with van der Waals surface area (Å²) >= 11 is 1.19. The van der Waals surface area contributed by atoms with E-state index in [1.165, 1.54) is 23.5 Å². The number of hydrogen-bond acceptors (Lipinski definition) is 4. The Labute approximate surface area is 170 Å². The lowest BCUT2D eigenvalue weighted by Crippen LogP contribution is -2.37. The first-order valence-corrected chi connectivity index (χ1v) is 9.68. The fourth-order valence-electron chi connectivity index (χ4n) is 2.49. The molecule has 0 fully saturated rings. The van der Waals surface area contributed by atoms with Gasteiger partial charge in [-0.3, -0.25) is 9.59 Å². The van der Waals surface area contributed by atoms with Crippen molar-refractivity contribution in [3.05, 3.63) is 51.3 Å². The van der Waals surface area contributed by atoms with Crippen LogP contribution in [-0.2, 0) is 11.0 Å². The lowest BCUT2D eigenvalue weighted by molar-refractivity contribution is -0.137. The third kappa shape index (κ3) is 6.26. The molecule has 0 aliphatic carbocycles. The lowest BCUT2D eigenvalue weighted by Gasteiger charge is -2.15. The second-order valence-corrected chi connectivity index (χ2v) is 8.01. The van der Waals surface area contributed by atoms with Gasteiger partial charge < -0.3 is 14.8 Å². The van der Waals surface area contributed by atoms with Crippen LogP contribution in [0.5, 0.6) is 0 Å². The largest absolute Gasteiger partial charge is 0.416 e. The molecule has 158 valence electrons. The first kappa shape index (κ1) is 22.8. The highest BCUT2D eigenvalue weighted by molar-refractivity contribution is 7.09. The molecule has 0 saturated heterocycles. The molecule has 0 unspecified atom stereocenters. The molecule has 1 atom stereocenters. The van der Waals surface area contributed by atoms with E-state index in [0.717, 1.165) is 17.0 Å². The Morgan fingerprint density at radius 3 is 2.62 bits per heavy atom. The number of benzene rings is 1. The van der Waals surface area contributed by atoms with E-state index in [-0.39, 0.29) is 16.3 Å². The molecule has 2 amide bonds. The molecule has 0 spiro atoms. The summed E-state index contributed by atoms with van der Waals surface area (Å²) in [6, 6.07) is 3.49.